The summed E-state index contributed by atoms with van der Waals surface area (Å²) in [6, 6.07) is 0. The van der Waals surface area contributed by atoms with Gasteiger partial charge in [0, 0.05) is 0 Å². The molecule has 0 radical (unpaired) electrons. The molecule has 0 N–H and O–H groups in total. The molecule has 0 aliphatic heterocycles. The molecular formula is C14H30O11Si. The second-order valence-corrected chi connectivity index (χ2v) is 9.55. The Morgan fingerprint density at radius 1 is 0.577 bits per heavy atom. The molecule has 0 amide bonds. The van der Waals surface area contributed by atoms with Crippen molar-refractivity contribution in [3.63, 3.8) is 0 Å². The Labute approximate surface area is 154 Å². The van der Waals surface area contributed by atoms with Crippen molar-refractivity contribution in [2.24, 2.45) is 0 Å². The lowest BCUT2D eigenvalue weighted by Gasteiger charge is -2.25. The van der Waals surface area contributed by atoms with Crippen molar-refractivity contribution < 1.29 is 53.0 Å². The molecule has 0 aromatic heterocycles. The summed E-state index contributed by atoms with van der Waals surface area (Å²) in [5.41, 5.74) is -2.15. The minimum Gasteiger partial charge on any atom is -0.350 e. The zero-order valence-corrected chi connectivity index (χ0v) is 17.8. The Hall–Kier alpha value is -0.643. The Kier molecular flexibility index (Phi) is 10.4. The van der Waals surface area contributed by atoms with Crippen LogP contribution >= 0.6 is 0 Å². The molecule has 0 aliphatic rings. The lowest BCUT2D eigenvalue weighted by Crippen LogP contribution is -2.50. The van der Waals surface area contributed by atoms with Crippen LogP contribution in [0, 0.1) is 0 Å². The van der Waals surface area contributed by atoms with E-state index in [1.54, 1.807) is 62.3 Å². The van der Waals surface area contributed by atoms with Crippen LogP contribution in [-0.2, 0) is 53.0 Å². The van der Waals surface area contributed by atoms with Crippen molar-refractivity contribution in [2.45, 2.75) is 79.1 Å². The predicted octanol–water partition coefficient (Wildman–Crippen LogP) is 3.55. The van der Waals surface area contributed by atoms with Gasteiger partial charge in [-0.05, 0) is 62.3 Å². The Morgan fingerprint density at radius 3 is 1.12 bits per heavy atom. The van der Waals surface area contributed by atoms with Gasteiger partial charge in [-0.3, -0.25) is 0 Å². The Morgan fingerprint density at radius 2 is 0.885 bits per heavy atom. The fourth-order valence-corrected chi connectivity index (χ4v) is 1.36. The van der Waals surface area contributed by atoms with Crippen LogP contribution in [0.15, 0.2) is 12.8 Å². The van der Waals surface area contributed by atoms with Crippen LogP contribution in [0.1, 0.15) is 62.3 Å². The van der Waals surface area contributed by atoms with E-state index >= 15 is 0 Å². The van der Waals surface area contributed by atoms with Gasteiger partial charge in [0.1, 0.15) is 6.26 Å². The van der Waals surface area contributed by atoms with Gasteiger partial charge in [0.15, 0.2) is 0 Å². The maximum Gasteiger partial charge on any atom is 0.808 e. The first-order valence-corrected chi connectivity index (χ1v) is 9.37. The van der Waals surface area contributed by atoms with Gasteiger partial charge in [0.05, 0.1) is 16.8 Å². The van der Waals surface area contributed by atoms with E-state index < -0.39 is 25.9 Å². The van der Waals surface area contributed by atoms with E-state index in [1.807, 2.05) is 0 Å². The first-order valence-electron chi connectivity index (χ1n) is 7.74. The van der Waals surface area contributed by atoms with E-state index in [4.69, 9.17) is 33.0 Å². The highest BCUT2D eigenvalue weighted by molar-refractivity contribution is 6.52. The van der Waals surface area contributed by atoms with Gasteiger partial charge in [-0.1, -0.05) is 21.7 Å². The third kappa shape index (κ3) is 14.5. The molecule has 0 atom stereocenters. The topological polar surface area (TPSA) is 102 Å². The monoisotopic (exact) mass is 402 g/mol. The molecule has 0 saturated carbocycles. The molecule has 0 aromatic rings. The molecule has 0 unspecified atom stereocenters. The summed E-state index contributed by atoms with van der Waals surface area (Å²) in [5.74, 6) is 0. The zero-order valence-electron chi connectivity index (χ0n) is 16.8. The minimum atomic E-state index is -4.45. The largest absolute Gasteiger partial charge is 0.808 e. The van der Waals surface area contributed by atoms with E-state index in [-0.39, 0.29) is 0 Å². The van der Waals surface area contributed by atoms with Crippen molar-refractivity contribution in [3.05, 3.63) is 12.8 Å². The van der Waals surface area contributed by atoms with Gasteiger partial charge < -0.3 is 4.89 Å². The third-order valence-corrected chi connectivity index (χ3v) is 2.60. The molecule has 0 rings (SSSR count). The second-order valence-electron chi connectivity index (χ2n) is 7.89. The van der Waals surface area contributed by atoms with Crippen molar-refractivity contribution in [1.82, 2.24) is 0 Å². The maximum absolute atomic E-state index is 4.96. The quantitative estimate of drug-likeness (QED) is 0.207. The predicted molar refractivity (Wildman–Crippen MR) is 87.1 cm³/mol. The molecular weight excluding hydrogens is 372 g/mol. The summed E-state index contributed by atoms with van der Waals surface area (Å²) >= 11 is 0. The third-order valence-electron chi connectivity index (χ3n) is 1.48. The van der Waals surface area contributed by atoms with Crippen LogP contribution in [-0.4, -0.2) is 25.9 Å². The lowest BCUT2D eigenvalue weighted by atomic mass is 10.2. The second kappa shape index (κ2) is 10.6. The highest BCUT2D eigenvalue weighted by Gasteiger charge is 2.58. The highest BCUT2D eigenvalue weighted by Crippen LogP contribution is 2.20. The van der Waals surface area contributed by atoms with Gasteiger partial charge >= 0.3 is 9.05 Å². The molecule has 0 bridgehead atoms. The lowest BCUT2D eigenvalue weighted by molar-refractivity contribution is -0.598. The molecule has 0 fully saturated rings. The minimum absolute atomic E-state index is 0.717. The normalized spacial score (nSPS) is 13.7. The number of hydrogen-bond donors (Lipinski definition) is 0. The first kappa shape index (κ1) is 25.4. The molecule has 11 nitrogen and oxygen atoms in total. The summed E-state index contributed by atoms with van der Waals surface area (Å²) in [4.78, 5) is 19.5. The van der Waals surface area contributed by atoms with E-state index in [0.717, 1.165) is 6.26 Å². The van der Waals surface area contributed by atoms with E-state index in [0.29, 0.717) is 0 Å². The fraction of sp³-hybridized carbons (Fsp3) is 0.857. The van der Waals surface area contributed by atoms with Gasteiger partial charge in [0.2, 0.25) is 0 Å². The molecule has 0 aliphatic carbocycles. The smallest absolute Gasteiger partial charge is 0.350 e. The summed E-state index contributed by atoms with van der Waals surface area (Å²) in [7, 11) is -4.45. The molecule has 156 valence electrons. The van der Waals surface area contributed by atoms with Crippen LogP contribution in [0.3, 0.4) is 0 Å². The Bertz CT molecular complexity index is 347. The Balaban J connectivity index is 5.03. The standard InChI is InChI=1S/C14H30O11Si/c1-11-15-22-26(23-19-16-12(2,3)4,24-20-17-13(5,6)7)25-21-18-14(8,9)10/h11H,1H2,2-10H3. The number of hydrogen-bond acceptors (Lipinski definition) is 11. The van der Waals surface area contributed by atoms with Gasteiger partial charge in [0.25, 0.3) is 0 Å². The van der Waals surface area contributed by atoms with E-state index in [1.165, 1.54) is 0 Å². The summed E-state index contributed by atoms with van der Waals surface area (Å²) in [5, 5.41) is 13.9. The first-order chi connectivity index (χ1) is 11.7. The molecule has 0 heterocycles. The van der Waals surface area contributed by atoms with E-state index in [9.17, 15) is 0 Å². The van der Waals surface area contributed by atoms with Gasteiger partial charge in [-0.2, -0.15) is 13.7 Å². The van der Waals surface area contributed by atoms with E-state index in [2.05, 4.69) is 26.6 Å². The van der Waals surface area contributed by atoms with Crippen LogP contribution in [0.25, 0.3) is 0 Å². The number of rotatable bonds is 12. The molecule has 12 heteroatoms. The highest BCUT2D eigenvalue weighted by atomic mass is 28.4. The average molecular weight is 402 g/mol. The van der Waals surface area contributed by atoms with Crippen LogP contribution in [0.2, 0.25) is 0 Å². The fourth-order valence-electron chi connectivity index (χ4n) is 0.658. The molecule has 0 spiro atoms. The summed E-state index contributed by atoms with van der Waals surface area (Å²) in [6.07, 6.45) is 0.928. The molecule has 26 heavy (non-hydrogen) atoms. The van der Waals surface area contributed by atoms with Crippen LogP contribution in [0.5, 0.6) is 0 Å². The SMILES string of the molecule is C=COO[Si](OOOC(C)(C)C)(OOOC(C)(C)C)OOOC(C)(C)C. The summed E-state index contributed by atoms with van der Waals surface area (Å²) in [6.45, 7) is 18.7. The van der Waals surface area contributed by atoms with Crippen molar-refractivity contribution in [2.75, 3.05) is 0 Å². The van der Waals surface area contributed by atoms with Crippen LogP contribution in [0.4, 0.5) is 0 Å². The maximum atomic E-state index is 4.96. The van der Waals surface area contributed by atoms with Crippen molar-refractivity contribution in [3.8, 4) is 0 Å². The molecule has 0 aromatic carbocycles. The molecule has 0 saturated heterocycles. The van der Waals surface area contributed by atoms with Crippen molar-refractivity contribution in [1.29, 1.82) is 0 Å². The van der Waals surface area contributed by atoms with Crippen molar-refractivity contribution >= 4 is 9.05 Å². The van der Waals surface area contributed by atoms with Crippen LogP contribution < -0.4 is 0 Å². The summed E-state index contributed by atoms with van der Waals surface area (Å²) < 4.78 is 19.6. The van der Waals surface area contributed by atoms with Gasteiger partial charge in [-0.25, -0.2) is 14.7 Å². The zero-order chi connectivity index (χ0) is 20.5. The average Bonchev–Trinajstić information content (AvgIpc) is 2.40. The van der Waals surface area contributed by atoms with Gasteiger partial charge in [-0.15, -0.1) is 4.58 Å².